The molecule has 1 aliphatic heterocycles. The number of anilines is 1. The van der Waals surface area contributed by atoms with E-state index in [-0.39, 0.29) is 22.9 Å². The number of nitrogens with zero attached hydrogens (tertiary/aromatic N) is 1. The average molecular weight is 489 g/mol. The first-order valence-electron chi connectivity index (χ1n) is 10.3. The van der Waals surface area contributed by atoms with E-state index in [9.17, 15) is 16.8 Å². The van der Waals surface area contributed by atoms with Crippen LogP contribution in [0, 0.1) is 6.92 Å². The summed E-state index contributed by atoms with van der Waals surface area (Å²) in [6.45, 7) is 3.21. The van der Waals surface area contributed by atoms with E-state index in [1.807, 2.05) is 31.2 Å². The summed E-state index contributed by atoms with van der Waals surface area (Å²) in [5, 5.41) is 0. The summed E-state index contributed by atoms with van der Waals surface area (Å²) in [4.78, 5) is 0.00404. The SMILES string of the molecule is Cc1ccc(Oc2ccc(NS(=O)(=O)c3ccc(S(=O)(=O)N4CCOCC4)cc3)cc2)cc1. The zero-order chi connectivity index (χ0) is 23.5. The number of morpholine rings is 1. The van der Waals surface area contributed by atoms with Gasteiger partial charge in [-0.05, 0) is 67.6 Å². The highest BCUT2D eigenvalue weighted by Gasteiger charge is 2.26. The van der Waals surface area contributed by atoms with Gasteiger partial charge in [0.1, 0.15) is 11.5 Å². The number of nitrogens with one attached hydrogen (secondary N) is 1. The Bertz CT molecular complexity index is 1300. The van der Waals surface area contributed by atoms with Crippen LogP contribution in [0.4, 0.5) is 5.69 Å². The lowest BCUT2D eigenvalue weighted by molar-refractivity contribution is 0.0730. The molecule has 33 heavy (non-hydrogen) atoms. The van der Waals surface area contributed by atoms with Gasteiger partial charge in [0, 0.05) is 18.8 Å². The molecular formula is C23H24N2O6S2. The van der Waals surface area contributed by atoms with Gasteiger partial charge < -0.3 is 9.47 Å². The number of hydrogen-bond donors (Lipinski definition) is 1. The van der Waals surface area contributed by atoms with Gasteiger partial charge >= 0.3 is 0 Å². The second-order valence-corrected chi connectivity index (χ2v) is 11.2. The molecule has 0 radical (unpaired) electrons. The smallest absolute Gasteiger partial charge is 0.261 e. The molecule has 0 spiro atoms. The molecule has 1 saturated heterocycles. The van der Waals surface area contributed by atoms with Crippen LogP contribution in [0.15, 0.2) is 82.6 Å². The minimum atomic E-state index is -3.90. The summed E-state index contributed by atoms with van der Waals surface area (Å²) in [7, 11) is -7.59. The molecule has 0 atom stereocenters. The monoisotopic (exact) mass is 488 g/mol. The predicted octanol–water partition coefficient (Wildman–Crippen LogP) is 3.61. The molecule has 3 aromatic carbocycles. The number of benzene rings is 3. The van der Waals surface area contributed by atoms with Gasteiger partial charge in [0.2, 0.25) is 10.0 Å². The third-order valence-corrected chi connectivity index (χ3v) is 8.42. The summed E-state index contributed by atoms with van der Waals surface area (Å²) in [5.74, 6) is 1.25. The minimum Gasteiger partial charge on any atom is -0.457 e. The lowest BCUT2D eigenvalue weighted by atomic mass is 10.2. The molecule has 0 saturated carbocycles. The van der Waals surface area contributed by atoms with E-state index in [0.717, 1.165) is 5.56 Å². The van der Waals surface area contributed by atoms with Crippen molar-refractivity contribution in [1.29, 1.82) is 0 Å². The Kier molecular flexibility index (Phi) is 6.71. The zero-order valence-electron chi connectivity index (χ0n) is 18.0. The molecule has 174 valence electrons. The van der Waals surface area contributed by atoms with Gasteiger partial charge in [0.25, 0.3) is 10.0 Å². The van der Waals surface area contributed by atoms with Crippen molar-refractivity contribution in [2.45, 2.75) is 16.7 Å². The third-order valence-electron chi connectivity index (χ3n) is 5.11. The largest absolute Gasteiger partial charge is 0.457 e. The van der Waals surface area contributed by atoms with E-state index < -0.39 is 20.0 Å². The van der Waals surface area contributed by atoms with E-state index in [2.05, 4.69) is 4.72 Å². The van der Waals surface area contributed by atoms with Crippen LogP contribution >= 0.6 is 0 Å². The normalized spacial score (nSPS) is 15.2. The number of sulfonamides is 2. The van der Waals surface area contributed by atoms with Crippen LogP contribution in [-0.4, -0.2) is 47.4 Å². The summed E-state index contributed by atoms with van der Waals surface area (Å²) < 4.78 is 65.7. The second kappa shape index (κ2) is 9.52. The Morgan fingerprint density at radius 1 is 0.758 bits per heavy atom. The molecule has 10 heteroatoms. The van der Waals surface area contributed by atoms with Gasteiger partial charge in [-0.1, -0.05) is 17.7 Å². The van der Waals surface area contributed by atoms with Crippen molar-refractivity contribution >= 4 is 25.7 Å². The van der Waals surface area contributed by atoms with Crippen molar-refractivity contribution in [1.82, 2.24) is 4.31 Å². The van der Waals surface area contributed by atoms with Crippen molar-refractivity contribution < 1.29 is 26.3 Å². The van der Waals surface area contributed by atoms with Gasteiger partial charge in [-0.25, -0.2) is 16.8 Å². The van der Waals surface area contributed by atoms with E-state index in [0.29, 0.717) is 30.4 Å². The fourth-order valence-electron chi connectivity index (χ4n) is 3.27. The van der Waals surface area contributed by atoms with E-state index >= 15 is 0 Å². The van der Waals surface area contributed by atoms with Gasteiger partial charge in [-0.3, -0.25) is 4.72 Å². The molecule has 0 aliphatic carbocycles. The van der Waals surface area contributed by atoms with Crippen LogP contribution in [0.5, 0.6) is 11.5 Å². The lowest BCUT2D eigenvalue weighted by Gasteiger charge is -2.26. The summed E-state index contributed by atoms with van der Waals surface area (Å²) in [6.07, 6.45) is 0. The number of hydrogen-bond acceptors (Lipinski definition) is 6. The summed E-state index contributed by atoms with van der Waals surface area (Å²) in [6, 6.07) is 19.3. The molecular weight excluding hydrogens is 464 g/mol. The standard InChI is InChI=1S/C23H24N2O6S2/c1-18-2-6-20(7-3-18)31-21-8-4-19(5-9-21)24-32(26,27)22-10-12-23(13-11-22)33(28,29)25-14-16-30-17-15-25/h2-13,24H,14-17H2,1H3. The lowest BCUT2D eigenvalue weighted by Crippen LogP contribution is -2.40. The minimum absolute atomic E-state index is 0.0385. The zero-order valence-corrected chi connectivity index (χ0v) is 19.6. The van der Waals surface area contributed by atoms with Crippen molar-refractivity contribution in [2.75, 3.05) is 31.0 Å². The molecule has 0 unspecified atom stereocenters. The van der Waals surface area contributed by atoms with Crippen LogP contribution in [0.2, 0.25) is 0 Å². The first-order chi connectivity index (χ1) is 15.7. The molecule has 4 rings (SSSR count). The Hall–Kier alpha value is -2.92. The maximum atomic E-state index is 12.8. The van der Waals surface area contributed by atoms with Gasteiger partial charge in [0.05, 0.1) is 23.0 Å². The quantitative estimate of drug-likeness (QED) is 0.545. The number of ether oxygens (including phenoxy) is 2. The van der Waals surface area contributed by atoms with Crippen molar-refractivity contribution in [2.24, 2.45) is 0 Å². The van der Waals surface area contributed by atoms with Crippen molar-refractivity contribution in [3.8, 4) is 11.5 Å². The van der Waals surface area contributed by atoms with Crippen LogP contribution in [-0.2, 0) is 24.8 Å². The Balaban J connectivity index is 1.44. The van der Waals surface area contributed by atoms with Crippen LogP contribution in [0.25, 0.3) is 0 Å². The molecule has 1 aliphatic rings. The molecule has 1 heterocycles. The van der Waals surface area contributed by atoms with Crippen molar-refractivity contribution in [3.63, 3.8) is 0 Å². The molecule has 8 nitrogen and oxygen atoms in total. The highest BCUT2D eigenvalue weighted by Crippen LogP contribution is 2.25. The molecule has 0 amide bonds. The predicted molar refractivity (Wildman–Crippen MR) is 125 cm³/mol. The van der Waals surface area contributed by atoms with Crippen LogP contribution < -0.4 is 9.46 Å². The highest BCUT2D eigenvalue weighted by molar-refractivity contribution is 7.92. The van der Waals surface area contributed by atoms with E-state index in [1.165, 1.54) is 28.6 Å². The summed E-state index contributed by atoms with van der Waals surface area (Å²) in [5.41, 5.74) is 1.48. The van der Waals surface area contributed by atoms with Gasteiger partial charge in [0.15, 0.2) is 0 Å². The molecule has 0 aromatic heterocycles. The van der Waals surface area contributed by atoms with Crippen LogP contribution in [0.3, 0.4) is 0 Å². The van der Waals surface area contributed by atoms with Crippen molar-refractivity contribution in [3.05, 3.63) is 78.4 Å². The second-order valence-electron chi connectivity index (χ2n) is 7.53. The number of aryl methyl sites for hydroxylation is 1. The molecule has 0 bridgehead atoms. The van der Waals surface area contributed by atoms with Gasteiger partial charge in [-0.15, -0.1) is 0 Å². The fraction of sp³-hybridized carbons (Fsp3) is 0.217. The maximum Gasteiger partial charge on any atom is 0.261 e. The van der Waals surface area contributed by atoms with Crippen LogP contribution in [0.1, 0.15) is 5.56 Å². The summed E-state index contributed by atoms with van der Waals surface area (Å²) >= 11 is 0. The first-order valence-corrected chi connectivity index (χ1v) is 13.2. The van der Waals surface area contributed by atoms with Gasteiger partial charge in [-0.2, -0.15) is 4.31 Å². The molecule has 1 fully saturated rings. The highest BCUT2D eigenvalue weighted by atomic mass is 32.2. The molecule has 3 aromatic rings. The topological polar surface area (TPSA) is 102 Å². The molecule has 1 N–H and O–H groups in total. The first kappa shape index (κ1) is 23.2. The Morgan fingerprint density at radius 2 is 1.27 bits per heavy atom. The Labute approximate surface area is 193 Å². The number of rotatable bonds is 7. The Morgan fingerprint density at radius 3 is 1.85 bits per heavy atom. The average Bonchev–Trinajstić information content (AvgIpc) is 2.82. The fourth-order valence-corrected chi connectivity index (χ4v) is 5.74. The van der Waals surface area contributed by atoms with E-state index in [1.54, 1.807) is 24.3 Å². The maximum absolute atomic E-state index is 12.8. The third kappa shape index (κ3) is 5.53. The van der Waals surface area contributed by atoms with E-state index in [4.69, 9.17) is 9.47 Å².